The van der Waals surface area contributed by atoms with E-state index in [2.05, 4.69) is 10.3 Å². The number of esters is 2. The first kappa shape index (κ1) is 21.0. The standard InChI is InChI=1S/C22H26N2O4S/c1-5-27-20(25)17-13-18(21(26)28-6-2)22(4,24-14(17)3)16-9-7-15(8-10-16)19-23-11-12-29-19/h7-12,18,24H,5-6,13H2,1-4H3. The van der Waals surface area contributed by atoms with Crippen molar-refractivity contribution in [1.82, 2.24) is 10.3 Å². The van der Waals surface area contributed by atoms with Gasteiger partial charge in [-0.15, -0.1) is 11.3 Å². The van der Waals surface area contributed by atoms with E-state index in [1.807, 2.05) is 43.5 Å². The quantitative estimate of drug-likeness (QED) is 0.719. The van der Waals surface area contributed by atoms with Gasteiger partial charge in [-0.2, -0.15) is 0 Å². The Morgan fingerprint density at radius 3 is 2.48 bits per heavy atom. The second-order valence-corrected chi connectivity index (χ2v) is 7.97. The lowest BCUT2D eigenvalue weighted by Gasteiger charge is -2.42. The zero-order chi connectivity index (χ0) is 21.0. The maximum absolute atomic E-state index is 12.8. The molecule has 0 radical (unpaired) electrons. The van der Waals surface area contributed by atoms with E-state index in [0.717, 1.165) is 21.8 Å². The second-order valence-electron chi connectivity index (χ2n) is 7.07. The zero-order valence-electron chi connectivity index (χ0n) is 17.2. The number of nitrogens with zero attached hydrogens (tertiary/aromatic N) is 1. The molecule has 0 spiro atoms. The molecule has 0 fully saturated rings. The Kier molecular flexibility index (Phi) is 6.37. The summed E-state index contributed by atoms with van der Waals surface area (Å²) in [4.78, 5) is 29.6. The Hall–Kier alpha value is -2.67. The molecule has 29 heavy (non-hydrogen) atoms. The van der Waals surface area contributed by atoms with E-state index in [0.29, 0.717) is 5.57 Å². The number of carbonyl (C=O) groups is 2. The van der Waals surface area contributed by atoms with Crippen LogP contribution in [0.4, 0.5) is 0 Å². The van der Waals surface area contributed by atoms with Crippen molar-refractivity contribution in [3.05, 3.63) is 52.7 Å². The Balaban J connectivity index is 1.99. The number of ether oxygens (including phenoxy) is 2. The summed E-state index contributed by atoms with van der Waals surface area (Å²) in [5.74, 6) is -1.29. The summed E-state index contributed by atoms with van der Waals surface area (Å²) in [7, 11) is 0. The molecule has 6 nitrogen and oxygen atoms in total. The van der Waals surface area contributed by atoms with Crippen LogP contribution < -0.4 is 5.32 Å². The van der Waals surface area contributed by atoms with Crippen molar-refractivity contribution in [2.24, 2.45) is 5.92 Å². The van der Waals surface area contributed by atoms with Crippen LogP contribution in [0.2, 0.25) is 0 Å². The Morgan fingerprint density at radius 2 is 1.90 bits per heavy atom. The van der Waals surface area contributed by atoms with Crippen LogP contribution in [0.3, 0.4) is 0 Å². The predicted octanol–water partition coefficient (Wildman–Crippen LogP) is 4.04. The first-order valence-electron chi connectivity index (χ1n) is 9.72. The van der Waals surface area contributed by atoms with E-state index < -0.39 is 17.4 Å². The van der Waals surface area contributed by atoms with Gasteiger partial charge in [-0.3, -0.25) is 4.79 Å². The molecule has 1 aromatic heterocycles. The Bertz CT molecular complexity index is 905. The lowest BCUT2D eigenvalue weighted by atomic mass is 9.73. The van der Waals surface area contributed by atoms with Crippen LogP contribution in [0.1, 0.15) is 39.7 Å². The van der Waals surface area contributed by atoms with E-state index in [-0.39, 0.29) is 25.6 Å². The van der Waals surface area contributed by atoms with Gasteiger partial charge in [-0.25, -0.2) is 9.78 Å². The molecule has 2 atom stereocenters. The van der Waals surface area contributed by atoms with Gasteiger partial charge in [0.05, 0.1) is 30.2 Å². The second kappa shape index (κ2) is 8.78. The summed E-state index contributed by atoms with van der Waals surface area (Å²) in [6, 6.07) is 8.00. The highest BCUT2D eigenvalue weighted by Crippen LogP contribution is 2.40. The molecule has 0 amide bonds. The highest BCUT2D eigenvalue weighted by molar-refractivity contribution is 7.13. The maximum Gasteiger partial charge on any atom is 0.335 e. The molecule has 0 saturated carbocycles. The minimum Gasteiger partial charge on any atom is -0.466 e. The number of hydrogen-bond acceptors (Lipinski definition) is 7. The van der Waals surface area contributed by atoms with Crippen molar-refractivity contribution in [2.75, 3.05) is 13.2 Å². The van der Waals surface area contributed by atoms with Crippen molar-refractivity contribution >= 4 is 23.3 Å². The molecule has 1 N–H and O–H groups in total. The first-order chi connectivity index (χ1) is 13.9. The highest BCUT2D eigenvalue weighted by Gasteiger charge is 2.46. The molecule has 154 valence electrons. The van der Waals surface area contributed by atoms with Gasteiger partial charge >= 0.3 is 11.9 Å². The predicted molar refractivity (Wildman–Crippen MR) is 112 cm³/mol. The van der Waals surface area contributed by atoms with Crippen LogP contribution in [-0.2, 0) is 24.6 Å². The molecule has 0 bridgehead atoms. The molecule has 3 rings (SSSR count). The van der Waals surface area contributed by atoms with Crippen molar-refractivity contribution in [3.63, 3.8) is 0 Å². The Labute approximate surface area is 174 Å². The van der Waals surface area contributed by atoms with E-state index in [1.54, 1.807) is 31.4 Å². The largest absolute Gasteiger partial charge is 0.466 e. The highest BCUT2D eigenvalue weighted by atomic mass is 32.1. The molecular weight excluding hydrogens is 388 g/mol. The topological polar surface area (TPSA) is 77.5 Å². The minimum atomic E-state index is -0.715. The number of allylic oxidation sites excluding steroid dienone is 1. The average molecular weight is 415 g/mol. The summed E-state index contributed by atoms with van der Waals surface area (Å²) >= 11 is 1.58. The van der Waals surface area contributed by atoms with E-state index in [1.165, 1.54) is 0 Å². The lowest BCUT2D eigenvalue weighted by Crippen LogP contribution is -2.52. The van der Waals surface area contributed by atoms with Gasteiger partial charge in [0.2, 0.25) is 0 Å². The van der Waals surface area contributed by atoms with Gasteiger partial charge in [0.25, 0.3) is 0 Å². The van der Waals surface area contributed by atoms with Crippen LogP contribution >= 0.6 is 11.3 Å². The fraction of sp³-hybridized carbons (Fsp3) is 0.409. The molecule has 0 saturated heterocycles. The Morgan fingerprint density at radius 1 is 1.21 bits per heavy atom. The van der Waals surface area contributed by atoms with Gasteiger partial charge in [-0.1, -0.05) is 24.3 Å². The summed E-state index contributed by atoms with van der Waals surface area (Å²) < 4.78 is 10.5. The van der Waals surface area contributed by atoms with Crippen LogP contribution in [0.5, 0.6) is 0 Å². The van der Waals surface area contributed by atoms with E-state index in [4.69, 9.17) is 9.47 Å². The van der Waals surface area contributed by atoms with Crippen molar-refractivity contribution in [2.45, 2.75) is 39.7 Å². The third-order valence-electron chi connectivity index (χ3n) is 5.26. The third-order valence-corrected chi connectivity index (χ3v) is 6.08. The van der Waals surface area contributed by atoms with Crippen molar-refractivity contribution in [3.8, 4) is 10.6 Å². The average Bonchev–Trinajstić information content (AvgIpc) is 3.23. The number of nitrogens with one attached hydrogen (secondary N) is 1. The molecule has 7 heteroatoms. The number of benzene rings is 1. The van der Waals surface area contributed by atoms with Crippen LogP contribution in [-0.4, -0.2) is 30.1 Å². The fourth-order valence-corrected chi connectivity index (χ4v) is 4.37. The number of hydrogen-bond donors (Lipinski definition) is 1. The van der Waals surface area contributed by atoms with Gasteiger partial charge in [0.1, 0.15) is 5.01 Å². The summed E-state index contributed by atoms with van der Waals surface area (Å²) in [5.41, 5.74) is 2.46. The summed E-state index contributed by atoms with van der Waals surface area (Å²) in [5, 5.41) is 6.29. The molecular formula is C22H26N2O4S. The van der Waals surface area contributed by atoms with Crippen LogP contribution in [0, 0.1) is 5.92 Å². The molecule has 2 aromatic rings. The smallest absolute Gasteiger partial charge is 0.335 e. The molecule has 1 aliphatic rings. The van der Waals surface area contributed by atoms with Gasteiger partial charge in [-0.05, 0) is 39.7 Å². The van der Waals surface area contributed by atoms with Crippen LogP contribution in [0.15, 0.2) is 47.1 Å². The molecule has 2 unspecified atom stereocenters. The number of aromatic nitrogens is 1. The number of thiazole rings is 1. The third kappa shape index (κ3) is 4.19. The van der Waals surface area contributed by atoms with Gasteiger partial charge in [0.15, 0.2) is 0 Å². The molecule has 1 aliphatic heterocycles. The van der Waals surface area contributed by atoms with E-state index >= 15 is 0 Å². The molecule has 0 aliphatic carbocycles. The summed E-state index contributed by atoms with van der Waals surface area (Å²) in [6.45, 7) is 7.93. The SMILES string of the molecule is CCOC(=O)C1=C(C)NC(C)(c2ccc(-c3nccs3)cc2)C(C(=O)OCC)C1. The fourth-order valence-electron chi connectivity index (χ4n) is 3.73. The van der Waals surface area contributed by atoms with Crippen molar-refractivity contribution in [1.29, 1.82) is 0 Å². The van der Waals surface area contributed by atoms with Gasteiger partial charge < -0.3 is 14.8 Å². The zero-order valence-corrected chi connectivity index (χ0v) is 18.0. The van der Waals surface area contributed by atoms with Crippen LogP contribution in [0.25, 0.3) is 10.6 Å². The van der Waals surface area contributed by atoms with E-state index in [9.17, 15) is 9.59 Å². The van der Waals surface area contributed by atoms with Crippen molar-refractivity contribution < 1.29 is 19.1 Å². The molecule has 2 heterocycles. The monoisotopic (exact) mass is 414 g/mol. The molecule has 1 aromatic carbocycles. The number of carbonyl (C=O) groups excluding carboxylic acids is 2. The van der Waals surface area contributed by atoms with Gasteiger partial charge in [0, 0.05) is 22.8 Å². The first-order valence-corrected chi connectivity index (χ1v) is 10.6. The minimum absolute atomic E-state index is 0.265. The number of rotatable bonds is 6. The maximum atomic E-state index is 12.8. The summed E-state index contributed by atoms with van der Waals surface area (Å²) in [6.07, 6.45) is 2.04. The lowest BCUT2D eigenvalue weighted by molar-refractivity contribution is -0.151. The normalized spacial score (nSPS) is 21.4.